The molecule has 0 atom stereocenters. The van der Waals surface area contributed by atoms with Gasteiger partial charge in [-0.3, -0.25) is 9.59 Å². The van der Waals surface area contributed by atoms with Crippen LogP contribution in [0, 0.1) is 11.8 Å². The maximum Gasteiger partial charge on any atom is 0.216 e. The first-order valence-corrected chi connectivity index (χ1v) is 4.50. The summed E-state index contributed by atoms with van der Waals surface area (Å²) in [6.07, 6.45) is 2.59. The predicted octanol–water partition coefficient (Wildman–Crippen LogP) is 0.970. The van der Waals surface area contributed by atoms with Crippen molar-refractivity contribution in [3.05, 3.63) is 23.7 Å². The smallest absolute Gasteiger partial charge is 0.216 e. The van der Waals surface area contributed by atoms with E-state index in [1.165, 1.54) is 13.2 Å². The second-order valence-corrected chi connectivity index (χ2v) is 2.85. The van der Waals surface area contributed by atoms with Gasteiger partial charge in [-0.25, -0.2) is 0 Å². The van der Waals surface area contributed by atoms with E-state index in [9.17, 15) is 9.59 Å². The molecule has 1 aromatic rings. The molecule has 78 valence electrons. The van der Waals surface area contributed by atoms with Gasteiger partial charge in [0.2, 0.25) is 5.91 Å². The minimum absolute atomic E-state index is 0.0753. The Morgan fingerprint density at radius 2 is 2.47 bits per heavy atom. The van der Waals surface area contributed by atoms with Gasteiger partial charge in [0, 0.05) is 19.9 Å². The fraction of sp³-hybridized carbons (Fsp3) is 0.273. The van der Waals surface area contributed by atoms with Crippen LogP contribution >= 0.6 is 0 Å². The Hall–Kier alpha value is -2.02. The van der Waals surface area contributed by atoms with Crippen LogP contribution in [0.2, 0.25) is 0 Å². The van der Waals surface area contributed by atoms with Gasteiger partial charge in [-0.15, -0.1) is 0 Å². The van der Waals surface area contributed by atoms with Crippen LogP contribution in [0.25, 0.3) is 0 Å². The lowest BCUT2D eigenvalue weighted by molar-refractivity contribution is -0.118. The number of nitrogens with one attached hydrogen (secondary N) is 1. The average molecular weight is 205 g/mol. The Morgan fingerprint density at radius 3 is 3.13 bits per heavy atom. The molecular weight excluding hydrogens is 194 g/mol. The minimum Gasteiger partial charge on any atom is -0.460 e. The summed E-state index contributed by atoms with van der Waals surface area (Å²) in [7, 11) is 0. The molecule has 0 aromatic carbocycles. The molecule has 0 bridgehead atoms. The molecule has 0 spiro atoms. The molecule has 15 heavy (non-hydrogen) atoms. The van der Waals surface area contributed by atoms with Crippen LogP contribution < -0.4 is 5.32 Å². The lowest BCUT2D eigenvalue weighted by Crippen LogP contribution is -2.20. The normalized spacial score (nSPS) is 8.87. The highest BCUT2D eigenvalue weighted by Gasteiger charge is 1.99. The second-order valence-electron chi connectivity index (χ2n) is 2.85. The molecule has 1 heterocycles. The summed E-state index contributed by atoms with van der Waals surface area (Å²) in [5, 5.41) is 2.62. The van der Waals surface area contributed by atoms with E-state index in [0.717, 1.165) is 0 Å². The number of aldehydes is 1. The van der Waals surface area contributed by atoms with Crippen LogP contribution in [0.4, 0.5) is 0 Å². The van der Waals surface area contributed by atoms with E-state index in [4.69, 9.17) is 4.42 Å². The fourth-order valence-electron chi connectivity index (χ4n) is 0.974. The van der Waals surface area contributed by atoms with Crippen molar-refractivity contribution in [2.24, 2.45) is 0 Å². The third-order valence-electron chi connectivity index (χ3n) is 1.65. The van der Waals surface area contributed by atoms with Crippen molar-refractivity contribution in [2.75, 3.05) is 6.54 Å². The fourth-order valence-corrected chi connectivity index (χ4v) is 0.974. The zero-order chi connectivity index (χ0) is 11.1. The summed E-state index contributed by atoms with van der Waals surface area (Å²) in [6.45, 7) is 1.96. The highest BCUT2D eigenvalue weighted by Crippen LogP contribution is 2.05. The molecule has 1 N–H and O–H groups in total. The van der Waals surface area contributed by atoms with Crippen LogP contribution in [-0.2, 0) is 4.79 Å². The van der Waals surface area contributed by atoms with E-state index in [0.29, 0.717) is 24.8 Å². The lowest BCUT2D eigenvalue weighted by atomic mass is 10.2. The van der Waals surface area contributed by atoms with Crippen molar-refractivity contribution >= 4 is 12.2 Å². The molecule has 1 rings (SSSR count). The Balaban J connectivity index is 2.44. The Morgan fingerprint density at radius 1 is 1.67 bits per heavy atom. The average Bonchev–Trinajstić information content (AvgIpc) is 2.64. The van der Waals surface area contributed by atoms with Gasteiger partial charge in [-0.2, -0.15) is 0 Å². The van der Waals surface area contributed by atoms with Crippen molar-refractivity contribution in [1.82, 2.24) is 5.32 Å². The number of hydrogen-bond acceptors (Lipinski definition) is 3. The van der Waals surface area contributed by atoms with E-state index in [1.54, 1.807) is 6.07 Å². The third kappa shape index (κ3) is 3.69. The summed E-state index contributed by atoms with van der Waals surface area (Å²) >= 11 is 0. The number of furan rings is 1. The van der Waals surface area contributed by atoms with Crippen molar-refractivity contribution in [3.8, 4) is 11.8 Å². The van der Waals surface area contributed by atoms with Gasteiger partial charge in [-0.1, -0.05) is 11.8 Å². The van der Waals surface area contributed by atoms with E-state index in [-0.39, 0.29) is 11.7 Å². The topological polar surface area (TPSA) is 59.3 Å². The zero-order valence-corrected chi connectivity index (χ0v) is 8.37. The van der Waals surface area contributed by atoms with Gasteiger partial charge in [0.05, 0.1) is 11.8 Å². The summed E-state index contributed by atoms with van der Waals surface area (Å²) in [5.74, 6) is 5.79. The van der Waals surface area contributed by atoms with Gasteiger partial charge in [0.1, 0.15) is 0 Å². The SMILES string of the molecule is CC(=O)NCCC#Cc1ccoc1C=O. The first-order chi connectivity index (χ1) is 7.24. The summed E-state index contributed by atoms with van der Waals surface area (Å²) in [4.78, 5) is 21.0. The van der Waals surface area contributed by atoms with Crippen LogP contribution in [-0.4, -0.2) is 18.7 Å². The molecular formula is C11H11NO3. The van der Waals surface area contributed by atoms with Gasteiger partial charge >= 0.3 is 0 Å². The summed E-state index contributed by atoms with van der Waals surface area (Å²) in [6, 6.07) is 1.63. The maximum absolute atomic E-state index is 10.5. The molecule has 1 amide bonds. The number of carbonyl (C=O) groups is 2. The minimum atomic E-state index is -0.0753. The van der Waals surface area contributed by atoms with E-state index in [1.807, 2.05) is 0 Å². The standard InChI is InChI=1S/C11H11NO3/c1-9(14)12-6-3-2-4-10-5-7-15-11(10)8-13/h5,7-8H,3,6H2,1H3,(H,12,14). The third-order valence-corrected chi connectivity index (χ3v) is 1.65. The Labute approximate surface area is 87.7 Å². The van der Waals surface area contributed by atoms with Crippen LogP contribution in [0.15, 0.2) is 16.7 Å². The van der Waals surface area contributed by atoms with Crippen molar-refractivity contribution in [2.45, 2.75) is 13.3 Å². The number of carbonyl (C=O) groups excluding carboxylic acids is 2. The Bertz CT molecular complexity index is 409. The van der Waals surface area contributed by atoms with Gasteiger partial charge in [-0.05, 0) is 6.07 Å². The largest absolute Gasteiger partial charge is 0.460 e. The summed E-state index contributed by atoms with van der Waals surface area (Å²) < 4.78 is 4.87. The second kappa shape index (κ2) is 5.66. The predicted molar refractivity (Wildman–Crippen MR) is 54.3 cm³/mol. The lowest BCUT2D eigenvalue weighted by Gasteiger charge is -1.94. The first kappa shape index (κ1) is 11.1. The van der Waals surface area contributed by atoms with E-state index in [2.05, 4.69) is 17.2 Å². The molecule has 4 heteroatoms. The number of hydrogen-bond donors (Lipinski definition) is 1. The maximum atomic E-state index is 10.5. The monoisotopic (exact) mass is 205 g/mol. The molecule has 0 aliphatic heterocycles. The molecule has 0 radical (unpaired) electrons. The van der Waals surface area contributed by atoms with E-state index < -0.39 is 0 Å². The van der Waals surface area contributed by atoms with Crippen molar-refractivity contribution in [3.63, 3.8) is 0 Å². The quantitative estimate of drug-likeness (QED) is 0.454. The van der Waals surface area contributed by atoms with Gasteiger partial charge in [0.25, 0.3) is 0 Å². The highest BCUT2D eigenvalue weighted by atomic mass is 16.3. The molecule has 0 aliphatic carbocycles. The molecule has 1 aromatic heterocycles. The molecule has 0 unspecified atom stereocenters. The van der Waals surface area contributed by atoms with Gasteiger partial charge < -0.3 is 9.73 Å². The molecule has 0 fully saturated rings. The molecule has 4 nitrogen and oxygen atoms in total. The summed E-state index contributed by atoms with van der Waals surface area (Å²) in [5.41, 5.74) is 0.577. The van der Waals surface area contributed by atoms with Crippen LogP contribution in [0.1, 0.15) is 29.5 Å². The first-order valence-electron chi connectivity index (χ1n) is 4.50. The van der Waals surface area contributed by atoms with Crippen LogP contribution in [0.5, 0.6) is 0 Å². The zero-order valence-electron chi connectivity index (χ0n) is 8.37. The number of amides is 1. The van der Waals surface area contributed by atoms with E-state index >= 15 is 0 Å². The molecule has 0 aliphatic rings. The highest BCUT2D eigenvalue weighted by molar-refractivity contribution is 5.75. The van der Waals surface area contributed by atoms with Gasteiger partial charge in [0.15, 0.2) is 12.0 Å². The molecule has 0 saturated carbocycles. The van der Waals surface area contributed by atoms with Crippen molar-refractivity contribution < 1.29 is 14.0 Å². The molecule has 0 saturated heterocycles. The van der Waals surface area contributed by atoms with Crippen molar-refractivity contribution in [1.29, 1.82) is 0 Å². The Kier molecular flexibility index (Phi) is 4.17. The van der Waals surface area contributed by atoms with Crippen LogP contribution in [0.3, 0.4) is 0 Å². The number of rotatable bonds is 3.